The molecule has 36 heavy (non-hydrogen) atoms. The zero-order chi connectivity index (χ0) is 25.8. The van der Waals surface area contributed by atoms with Crippen molar-refractivity contribution in [3.63, 3.8) is 0 Å². The highest BCUT2D eigenvalue weighted by atomic mass is 19.1. The van der Waals surface area contributed by atoms with E-state index in [1.807, 2.05) is 25.7 Å². The van der Waals surface area contributed by atoms with Crippen LogP contribution in [0.4, 0.5) is 14.6 Å². The molecular formula is C28H30F2N4O2. The fourth-order valence-electron chi connectivity index (χ4n) is 5.18. The molecule has 0 amide bonds. The van der Waals surface area contributed by atoms with Gasteiger partial charge in [-0.15, -0.1) is 0 Å². The third-order valence-electron chi connectivity index (χ3n) is 6.93. The molecule has 0 unspecified atom stereocenters. The molecule has 1 saturated heterocycles. The van der Waals surface area contributed by atoms with Gasteiger partial charge in [-0.1, -0.05) is 26.8 Å². The second kappa shape index (κ2) is 8.92. The number of aryl methyl sites for hydroxylation is 1. The maximum Gasteiger partial charge on any atom is 0.175 e. The molecular weight excluding hydrogens is 462 g/mol. The number of halogens is 2. The Morgan fingerprint density at radius 3 is 2.64 bits per heavy atom. The van der Waals surface area contributed by atoms with Gasteiger partial charge in [0, 0.05) is 30.8 Å². The largest absolute Gasteiger partial charge is 0.508 e. The van der Waals surface area contributed by atoms with Gasteiger partial charge in [-0.05, 0) is 60.7 Å². The van der Waals surface area contributed by atoms with E-state index in [4.69, 9.17) is 4.98 Å². The third-order valence-corrected chi connectivity index (χ3v) is 6.93. The van der Waals surface area contributed by atoms with Gasteiger partial charge < -0.3 is 15.1 Å². The number of aromatic nitrogens is 3. The van der Waals surface area contributed by atoms with Gasteiger partial charge in [0.25, 0.3) is 0 Å². The summed E-state index contributed by atoms with van der Waals surface area (Å²) in [5, 5.41) is 22.6. The molecule has 3 heterocycles. The quantitative estimate of drug-likeness (QED) is 0.371. The highest BCUT2D eigenvalue weighted by molar-refractivity contribution is 6.01. The minimum absolute atomic E-state index is 0.00584. The van der Waals surface area contributed by atoms with Crippen LogP contribution in [0, 0.1) is 11.6 Å². The Morgan fingerprint density at radius 2 is 1.94 bits per heavy atom. The first kappa shape index (κ1) is 24.3. The highest BCUT2D eigenvalue weighted by Gasteiger charge is 2.31. The van der Waals surface area contributed by atoms with Crippen molar-refractivity contribution in [2.75, 3.05) is 18.0 Å². The summed E-state index contributed by atoms with van der Waals surface area (Å²) < 4.78 is 31.0. The summed E-state index contributed by atoms with van der Waals surface area (Å²) in [4.78, 5) is 15.7. The topological polar surface area (TPSA) is 82.4 Å². The first-order valence-corrected chi connectivity index (χ1v) is 12.4. The number of aromatic hydroxyl groups is 1. The normalized spacial score (nSPS) is 18.5. The van der Waals surface area contributed by atoms with Gasteiger partial charge >= 0.3 is 0 Å². The number of β-amino-alcohol motifs (C(OH)–C–C–N with tert-alkyl or cyclic N) is 1. The zero-order valence-corrected chi connectivity index (χ0v) is 20.9. The molecule has 1 fully saturated rings. The van der Waals surface area contributed by atoms with Gasteiger partial charge in [-0.3, -0.25) is 4.98 Å². The van der Waals surface area contributed by atoms with E-state index < -0.39 is 11.4 Å². The minimum Gasteiger partial charge on any atom is -0.508 e. The summed E-state index contributed by atoms with van der Waals surface area (Å²) in [5.74, 6) is -0.129. The number of piperidine rings is 1. The van der Waals surface area contributed by atoms with Gasteiger partial charge in [0.1, 0.15) is 34.4 Å². The predicted molar refractivity (Wildman–Crippen MR) is 137 cm³/mol. The summed E-state index contributed by atoms with van der Waals surface area (Å²) in [7, 11) is 0. The number of aliphatic hydroxyl groups is 1. The summed E-state index contributed by atoms with van der Waals surface area (Å²) in [5.41, 5.74) is -0.0161. The number of anilines is 1. The van der Waals surface area contributed by atoms with Gasteiger partial charge in [0.15, 0.2) is 5.82 Å². The lowest BCUT2D eigenvalue weighted by Crippen LogP contribution is -2.46. The number of hydrogen-bond acceptors (Lipinski definition) is 6. The van der Waals surface area contributed by atoms with Crippen LogP contribution in [0.2, 0.25) is 0 Å². The number of fused-ring (bicyclic) bond motifs is 2. The van der Waals surface area contributed by atoms with E-state index in [9.17, 15) is 14.6 Å². The summed E-state index contributed by atoms with van der Waals surface area (Å²) in [6.07, 6.45) is 3.40. The molecule has 2 aromatic heterocycles. The van der Waals surface area contributed by atoms with E-state index in [1.165, 1.54) is 24.4 Å². The van der Waals surface area contributed by atoms with Gasteiger partial charge in [0.05, 0.1) is 11.0 Å². The van der Waals surface area contributed by atoms with Crippen molar-refractivity contribution in [3.05, 3.63) is 53.5 Å². The Bertz CT molecular complexity index is 1490. The van der Waals surface area contributed by atoms with E-state index in [1.54, 1.807) is 13.0 Å². The SMILES string of the molecule is CCc1c(F)ccc2cc(O)cc(-c3ncc4c(N5CCC[C@](C)(O)C5)nc(C(C)C)nc4c3F)c12. The van der Waals surface area contributed by atoms with Crippen molar-refractivity contribution in [1.82, 2.24) is 15.0 Å². The van der Waals surface area contributed by atoms with Crippen molar-refractivity contribution in [2.24, 2.45) is 0 Å². The number of pyridine rings is 1. The highest BCUT2D eigenvalue weighted by Crippen LogP contribution is 2.39. The van der Waals surface area contributed by atoms with Gasteiger partial charge in [0.2, 0.25) is 0 Å². The molecule has 0 radical (unpaired) electrons. The maximum absolute atomic E-state index is 16.3. The van der Waals surface area contributed by atoms with Crippen molar-refractivity contribution in [1.29, 1.82) is 0 Å². The Balaban J connectivity index is 1.79. The Morgan fingerprint density at radius 1 is 1.17 bits per heavy atom. The van der Waals surface area contributed by atoms with Gasteiger partial charge in [-0.2, -0.15) is 0 Å². The molecule has 5 rings (SSSR count). The predicted octanol–water partition coefficient (Wildman–Crippen LogP) is 5.87. The van der Waals surface area contributed by atoms with Crippen LogP contribution in [0.5, 0.6) is 5.75 Å². The summed E-state index contributed by atoms with van der Waals surface area (Å²) in [6, 6.07) is 5.89. The second-order valence-corrected chi connectivity index (χ2v) is 10.2. The van der Waals surface area contributed by atoms with Crippen LogP contribution in [0.15, 0.2) is 30.5 Å². The zero-order valence-electron chi connectivity index (χ0n) is 20.9. The molecule has 0 saturated carbocycles. The lowest BCUT2D eigenvalue weighted by molar-refractivity contribution is 0.0447. The van der Waals surface area contributed by atoms with E-state index in [0.717, 1.165) is 6.42 Å². The molecule has 2 N–H and O–H groups in total. The molecule has 8 heteroatoms. The molecule has 1 aliphatic heterocycles. The molecule has 0 bridgehead atoms. The smallest absolute Gasteiger partial charge is 0.175 e. The monoisotopic (exact) mass is 492 g/mol. The third kappa shape index (κ3) is 4.13. The molecule has 188 valence electrons. The number of nitrogens with zero attached hydrogens (tertiary/aromatic N) is 4. The molecule has 0 spiro atoms. The van der Waals surface area contributed by atoms with E-state index in [2.05, 4.69) is 9.97 Å². The first-order chi connectivity index (χ1) is 17.1. The van der Waals surface area contributed by atoms with Crippen LogP contribution in [0.1, 0.15) is 57.8 Å². The lowest BCUT2D eigenvalue weighted by Gasteiger charge is -2.38. The first-order valence-electron chi connectivity index (χ1n) is 12.4. The van der Waals surface area contributed by atoms with E-state index in [-0.39, 0.29) is 28.7 Å². The number of benzene rings is 2. The minimum atomic E-state index is -0.874. The maximum atomic E-state index is 16.3. The molecule has 0 aliphatic carbocycles. The van der Waals surface area contributed by atoms with Crippen molar-refractivity contribution in [2.45, 2.75) is 58.5 Å². The molecule has 2 aromatic carbocycles. The Labute approximate surface area is 208 Å². The van der Waals surface area contributed by atoms with Crippen LogP contribution >= 0.6 is 0 Å². The number of phenolic OH excluding ortho intramolecular Hbond substituents is 1. The van der Waals surface area contributed by atoms with Crippen molar-refractivity contribution >= 4 is 27.5 Å². The Hall–Kier alpha value is -3.39. The number of hydrogen-bond donors (Lipinski definition) is 2. The van der Waals surface area contributed by atoms with Crippen molar-refractivity contribution in [3.8, 4) is 17.0 Å². The van der Waals surface area contributed by atoms with Crippen LogP contribution in [-0.2, 0) is 6.42 Å². The summed E-state index contributed by atoms with van der Waals surface area (Å²) in [6.45, 7) is 8.56. The average molecular weight is 493 g/mol. The standard InChI is InChI=1S/C28H30F2N4O2/c1-5-18-21(29)8-7-16-11-17(35)12-19(22(16)18)24-23(30)25-20(13-31-24)27(33-26(32-25)15(2)3)34-10-6-9-28(4,36)14-34/h7-8,11-13,15,35-36H,5-6,9-10,14H2,1-4H3/t28-/m0/s1. The Kier molecular flexibility index (Phi) is 6.03. The lowest BCUT2D eigenvalue weighted by atomic mass is 9.94. The molecule has 1 aliphatic rings. The van der Waals surface area contributed by atoms with Gasteiger partial charge in [-0.25, -0.2) is 18.7 Å². The number of phenols is 1. The van der Waals surface area contributed by atoms with Crippen molar-refractivity contribution < 1.29 is 19.0 Å². The summed E-state index contributed by atoms with van der Waals surface area (Å²) >= 11 is 0. The second-order valence-electron chi connectivity index (χ2n) is 10.2. The number of rotatable bonds is 4. The van der Waals surface area contributed by atoms with Crippen LogP contribution in [-0.4, -0.2) is 43.9 Å². The molecule has 4 aromatic rings. The van der Waals surface area contributed by atoms with Crippen LogP contribution in [0.3, 0.4) is 0 Å². The van der Waals surface area contributed by atoms with Crippen LogP contribution in [0.25, 0.3) is 32.9 Å². The van der Waals surface area contributed by atoms with E-state index >= 15 is 4.39 Å². The molecule has 6 nitrogen and oxygen atoms in total. The molecule has 1 atom stereocenters. The fraction of sp³-hybridized carbons (Fsp3) is 0.393. The van der Waals surface area contributed by atoms with E-state index in [0.29, 0.717) is 64.9 Å². The average Bonchev–Trinajstić information content (AvgIpc) is 2.83. The fourth-order valence-corrected chi connectivity index (χ4v) is 5.18. The van der Waals surface area contributed by atoms with Crippen LogP contribution < -0.4 is 4.90 Å².